The van der Waals surface area contributed by atoms with Crippen LogP contribution in [0.15, 0.2) is 59.8 Å². The van der Waals surface area contributed by atoms with Gasteiger partial charge >= 0.3 is 0 Å². The average Bonchev–Trinajstić information content (AvgIpc) is 2.90. The molecule has 0 saturated carbocycles. The third kappa shape index (κ3) is 4.47. The number of nitrogens with zero attached hydrogens (tertiary/aromatic N) is 4. The summed E-state index contributed by atoms with van der Waals surface area (Å²) in [5.41, 5.74) is 2.37. The minimum absolute atomic E-state index is 0. The molecule has 4 rings (SSSR count). The van der Waals surface area contributed by atoms with Gasteiger partial charge in [-0.2, -0.15) is 0 Å². The van der Waals surface area contributed by atoms with Gasteiger partial charge in [-0.1, -0.05) is 30.3 Å². The van der Waals surface area contributed by atoms with Crippen molar-refractivity contribution in [1.29, 1.82) is 0 Å². The Labute approximate surface area is 167 Å². The molecule has 3 heterocycles. The molecule has 1 atom stereocenters. The second-order valence-electron chi connectivity index (χ2n) is 6.21. The Morgan fingerprint density at radius 3 is 2.81 bits per heavy atom. The van der Waals surface area contributed by atoms with Crippen molar-refractivity contribution in [3.63, 3.8) is 0 Å². The lowest BCUT2D eigenvalue weighted by Crippen LogP contribution is -2.33. The predicted octanol–water partition coefficient (Wildman–Crippen LogP) is 1.71. The molecule has 0 saturated heterocycles. The highest BCUT2D eigenvalue weighted by atomic mass is 79.9. The van der Waals surface area contributed by atoms with Gasteiger partial charge in [0.2, 0.25) is 0 Å². The molecule has 1 aliphatic heterocycles. The molecule has 0 spiro atoms. The summed E-state index contributed by atoms with van der Waals surface area (Å²) < 4.78 is 1.74. The number of nitrogens with one attached hydrogen (secondary N) is 2. The van der Waals surface area contributed by atoms with Gasteiger partial charge in [0.25, 0.3) is 5.56 Å². The van der Waals surface area contributed by atoms with Crippen molar-refractivity contribution in [1.82, 2.24) is 30.2 Å². The molecule has 140 valence electrons. The van der Waals surface area contributed by atoms with Crippen LogP contribution in [0.2, 0.25) is 0 Å². The van der Waals surface area contributed by atoms with Gasteiger partial charge in [-0.05, 0) is 11.6 Å². The highest BCUT2D eigenvalue weighted by molar-refractivity contribution is 8.93. The molecule has 1 aromatic carbocycles. The molecule has 1 unspecified atom stereocenters. The van der Waals surface area contributed by atoms with E-state index in [0.717, 1.165) is 12.4 Å². The van der Waals surface area contributed by atoms with Crippen LogP contribution in [0.5, 0.6) is 0 Å². The van der Waals surface area contributed by atoms with Gasteiger partial charge in [0.05, 0.1) is 17.4 Å². The number of fused-ring (bicyclic) bond motifs is 1. The summed E-state index contributed by atoms with van der Waals surface area (Å²) in [4.78, 5) is 25.6. The lowest BCUT2D eigenvalue weighted by Gasteiger charge is -2.19. The number of rotatable bonds is 4. The van der Waals surface area contributed by atoms with Crippen molar-refractivity contribution in [2.45, 2.75) is 19.1 Å². The van der Waals surface area contributed by atoms with Crippen molar-refractivity contribution in [2.75, 3.05) is 13.1 Å². The highest BCUT2D eigenvalue weighted by Crippen LogP contribution is 2.17. The molecule has 2 N–H and O–H groups in total. The van der Waals surface area contributed by atoms with Crippen LogP contribution >= 0.6 is 17.0 Å². The monoisotopic (exact) mass is 428 g/mol. The number of aromatic nitrogens is 4. The first-order valence-electron chi connectivity index (χ1n) is 8.67. The van der Waals surface area contributed by atoms with Crippen molar-refractivity contribution in [3.05, 3.63) is 76.7 Å². The fourth-order valence-corrected chi connectivity index (χ4v) is 3.12. The molecule has 2 aromatic heterocycles. The first kappa shape index (κ1) is 19.3. The molecule has 1 aliphatic rings. The smallest absolute Gasteiger partial charge is 0.254 e. The Balaban J connectivity index is 0.00000210. The van der Waals surface area contributed by atoms with Crippen LogP contribution in [-0.2, 0) is 13.1 Å². The van der Waals surface area contributed by atoms with Crippen molar-refractivity contribution < 1.29 is 0 Å². The van der Waals surface area contributed by atoms with Crippen LogP contribution in [0, 0.1) is 0 Å². The molecule has 0 amide bonds. The van der Waals surface area contributed by atoms with E-state index in [2.05, 4.69) is 32.7 Å². The van der Waals surface area contributed by atoms with Gasteiger partial charge in [-0.25, -0.2) is 15.0 Å². The Kier molecular flexibility index (Phi) is 6.44. The van der Waals surface area contributed by atoms with Gasteiger partial charge in [0, 0.05) is 38.4 Å². The largest absolute Gasteiger partial charge is 0.313 e. The predicted molar refractivity (Wildman–Crippen MR) is 109 cm³/mol. The van der Waals surface area contributed by atoms with Gasteiger partial charge < -0.3 is 10.6 Å². The fourth-order valence-electron chi connectivity index (χ4n) is 3.12. The second kappa shape index (κ2) is 8.98. The van der Waals surface area contributed by atoms with Gasteiger partial charge in [0.15, 0.2) is 0 Å². The first-order chi connectivity index (χ1) is 12.8. The quantitative estimate of drug-likeness (QED) is 0.657. The summed E-state index contributed by atoms with van der Waals surface area (Å²) in [6.07, 6.45) is 3.12. The normalized spacial score (nSPS) is 16.1. The lowest BCUT2D eigenvalue weighted by molar-refractivity contribution is 0.484. The van der Waals surface area contributed by atoms with E-state index in [1.165, 1.54) is 11.9 Å². The minimum atomic E-state index is -0.0628. The van der Waals surface area contributed by atoms with E-state index in [9.17, 15) is 4.79 Å². The summed E-state index contributed by atoms with van der Waals surface area (Å²) in [6.45, 7) is 2.77. The van der Waals surface area contributed by atoms with E-state index in [4.69, 9.17) is 4.98 Å². The number of hydrogen-bond acceptors (Lipinski definition) is 6. The Hall–Kier alpha value is -2.42. The summed E-state index contributed by atoms with van der Waals surface area (Å²) in [5, 5.41) is 6.90. The molecule has 8 heteroatoms. The number of hydrogen-bond donors (Lipinski definition) is 2. The number of benzene rings is 1. The van der Waals surface area contributed by atoms with Crippen LogP contribution in [0.25, 0.3) is 11.4 Å². The van der Waals surface area contributed by atoms with Crippen molar-refractivity contribution in [2.24, 2.45) is 0 Å². The molecule has 27 heavy (non-hydrogen) atoms. The SMILES string of the molecule is Br.O=c1cc(-c2ccncn2)nc2n1CCNCC2NCc1ccccc1. The van der Waals surface area contributed by atoms with E-state index < -0.39 is 0 Å². The highest BCUT2D eigenvalue weighted by Gasteiger charge is 2.22. The van der Waals surface area contributed by atoms with Crippen molar-refractivity contribution >= 4 is 17.0 Å². The molecule has 3 aromatic rings. The van der Waals surface area contributed by atoms with E-state index in [1.54, 1.807) is 22.9 Å². The number of halogens is 1. The van der Waals surface area contributed by atoms with E-state index >= 15 is 0 Å². The summed E-state index contributed by atoms with van der Waals surface area (Å²) in [5.74, 6) is 0.743. The van der Waals surface area contributed by atoms with E-state index in [-0.39, 0.29) is 28.6 Å². The molecule has 0 bridgehead atoms. The maximum Gasteiger partial charge on any atom is 0.254 e. The van der Waals surface area contributed by atoms with Gasteiger partial charge in [0.1, 0.15) is 12.2 Å². The van der Waals surface area contributed by atoms with Crippen LogP contribution < -0.4 is 16.2 Å². The van der Waals surface area contributed by atoms with E-state index in [1.807, 2.05) is 18.2 Å². The standard InChI is InChI=1S/C19H20N6O.BrH/c26-18-10-16(15-6-7-21-13-23-15)24-19-17(12-20-8-9-25(18)19)22-11-14-4-2-1-3-5-14;/h1-7,10,13,17,20,22H,8-9,11-12H2;1H. The maximum absolute atomic E-state index is 12.7. The van der Waals surface area contributed by atoms with Crippen molar-refractivity contribution in [3.8, 4) is 11.4 Å². The van der Waals surface area contributed by atoms with Crippen LogP contribution in [-0.4, -0.2) is 32.6 Å². The Morgan fingerprint density at radius 2 is 2.04 bits per heavy atom. The zero-order chi connectivity index (χ0) is 17.8. The average molecular weight is 429 g/mol. The topological polar surface area (TPSA) is 84.7 Å². The molecule has 0 radical (unpaired) electrons. The zero-order valence-corrected chi connectivity index (χ0v) is 16.4. The zero-order valence-electron chi connectivity index (χ0n) is 14.7. The molecular formula is C19H21BrN6O. The third-order valence-electron chi connectivity index (χ3n) is 4.45. The Bertz CT molecular complexity index is 932. The van der Waals surface area contributed by atoms with Crippen LogP contribution in [0.3, 0.4) is 0 Å². The molecule has 7 nitrogen and oxygen atoms in total. The van der Waals surface area contributed by atoms with Crippen LogP contribution in [0.1, 0.15) is 17.4 Å². The third-order valence-corrected chi connectivity index (χ3v) is 4.45. The fraction of sp³-hybridized carbons (Fsp3) is 0.263. The van der Waals surface area contributed by atoms with E-state index in [0.29, 0.717) is 31.0 Å². The molecular weight excluding hydrogens is 408 g/mol. The van der Waals surface area contributed by atoms with Gasteiger partial charge in [-0.3, -0.25) is 9.36 Å². The van der Waals surface area contributed by atoms with Crippen LogP contribution in [0.4, 0.5) is 0 Å². The summed E-state index contributed by atoms with van der Waals surface area (Å²) >= 11 is 0. The summed E-state index contributed by atoms with van der Waals surface area (Å²) in [6, 6.07) is 13.4. The molecule has 0 aliphatic carbocycles. The minimum Gasteiger partial charge on any atom is -0.313 e. The maximum atomic E-state index is 12.7. The first-order valence-corrected chi connectivity index (χ1v) is 8.67. The molecule has 0 fully saturated rings. The Morgan fingerprint density at radius 1 is 1.19 bits per heavy atom. The second-order valence-corrected chi connectivity index (χ2v) is 6.21. The lowest BCUT2D eigenvalue weighted by atomic mass is 10.2. The van der Waals surface area contributed by atoms with Gasteiger partial charge in [-0.15, -0.1) is 17.0 Å². The summed E-state index contributed by atoms with van der Waals surface area (Å²) in [7, 11) is 0.